The van der Waals surface area contributed by atoms with Crippen LogP contribution in [-0.2, 0) is 0 Å². The van der Waals surface area contributed by atoms with E-state index in [1.54, 1.807) is 18.2 Å². The summed E-state index contributed by atoms with van der Waals surface area (Å²) >= 11 is 9.23. The zero-order valence-corrected chi connectivity index (χ0v) is 12.8. The van der Waals surface area contributed by atoms with Gasteiger partial charge in [-0.2, -0.15) is 0 Å². The van der Waals surface area contributed by atoms with Gasteiger partial charge in [0.1, 0.15) is 5.82 Å². The van der Waals surface area contributed by atoms with Gasteiger partial charge in [0.05, 0.1) is 10.7 Å². The summed E-state index contributed by atoms with van der Waals surface area (Å²) in [6.45, 7) is 1.45. The predicted molar refractivity (Wildman–Crippen MR) is 83.3 cm³/mol. The molecule has 20 heavy (non-hydrogen) atoms. The highest BCUT2D eigenvalue weighted by Gasteiger charge is 2.10. The molecule has 0 aliphatic carbocycles. The summed E-state index contributed by atoms with van der Waals surface area (Å²) < 4.78 is 13.7. The first-order chi connectivity index (χ1) is 9.38. The number of nitrogens with one attached hydrogen (secondary N) is 1. The van der Waals surface area contributed by atoms with Gasteiger partial charge in [0.2, 0.25) is 0 Å². The number of hydrogen-bond acceptors (Lipinski definition) is 3. The van der Waals surface area contributed by atoms with Crippen LogP contribution >= 0.6 is 27.5 Å². The van der Waals surface area contributed by atoms with E-state index in [1.165, 1.54) is 19.1 Å². The van der Waals surface area contributed by atoms with Crippen LogP contribution in [0, 0.1) is 5.82 Å². The average molecular weight is 358 g/mol. The number of benzene rings is 2. The second-order valence-electron chi connectivity index (χ2n) is 4.23. The molecule has 2 aromatic rings. The van der Waals surface area contributed by atoms with Crippen molar-refractivity contribution in [3.8, 4) is 0 Å². The summed E-state index contributed by atoms with van der Waals surface area (Å²) in [4.78, 5) is 11.3. The molecule has 3 nitrogen and oxygen atoms in total. The molecule has 3 N–H and O–H groups in total. The second kappa shape index (κ2) is 5.81. The van der Waals surface area contributed by atoms with Gasteiger partial charge in [0.25, 0.3) is 0 Å². The number of Topliss-reactive ketones (excluding diaryl/α,β-unsaturated/α-hetero) is 1. The predicted octanol–water partition coefficient (Wildman–Crippen LogP) is 4.77. The van der Waals surface area contributed by atoms with Crippen LogP contribution in [0.1, 0.15) is 17.3 Å². The van der Waals surface area contributed by atoms with Crippen LogP contribution in [-0.4, -0.2) is 5.78 Å². The van der Waals surface area contributed by atoms with Crippen molar-refractivity contribution in [3.63, 3.8) is 0 Å². The summed E-state index contributed by atoms with van der Waals surface area (Å²) in [6, 6.07) is 7.48. The highest BCUT2D eigenvalue weighted by molar-refractivity contribution is 9.10. The molecule has 0 spiro atoms. The van der Waals surface area contributed by atoms with E-state index in [2.05, 4.69) is 21.2 Å². The van der Waals surface area contributed by atoms with Crippen LogP contribution in [0.25, 0.3) is 0 Å². The number of halogens is 3. The van der Waals surface area contributed by atoms with Crippen LogP contribution < -0.4 is 11.1 Å². The Morgan fingerprint density at radius 2 is 2.05 bits per heavy atom. The quantitative estimate of drug-likeness (QED) is 0.614. The minimum atomic E-state index is -0.432. The third-order valence-corrected chi connectivity index (χ3v) is 3.63. The molecule has 0 aliphatic rings. The van der Waals surface area contributed by atoms with E-state index in [-0.39, 0.29) is 10.8 Å². The first kappa shape index (κ1) is 14.8. The molecule has 0 atom stereocenters. The van der Waals surface area contributed by atoms with E-state index in [9.17, 15) is 9.18 Å². The van der Waals surface area contributed by atoms with Crippen LogP contribution in [0.3, 0.4) is 0 Å². The smallest absolute Gasteiger partial charge is 0.161 e. The van der Waals surface area contributed by atoms with Crippen molar-refractivity contribution in [1.82, 2.24) is 0 Å². The van der Waals surface area contributed by atoms with E-state index in [4.69, 9.17) is 17.3 Å². The Hall–Kier alpha value is -1.59. The second-order valence-corrected chi connectivity index (χ2v) is 5.49. The summed E-state index contributed by atoms with van der Waals surface area (Å²) in [7, 11) is 0. The van der Waals surface area contributed by atoms with E-state index in [0.29, 0.717) is 27.1 Å². The molecule has 0 aliphatic heterocycles. The Morgan fingerprint density at radius 3 is 2.60 bits per heavy atom. The highest BCUT2D eigenvalue weighted by atomic mass is 79.9. The van der Waals surface area contributed by atoms with Crippen molar-refractivity contribution in [1.29, 1.82) is 0 Å². The van der Waals surface area contributed by atoms with Crippen molar-refractivity contribution in [3.05, 3.63) is 51.2 Å². The van der Waals surface area contributed by atoms with Crippen molar-refractivity contribution in [2.45, 2.75) is 6.92 Å². The molecule has 0 fully saturated rings. The van der Waals surface area contributed by atoms with E-state index < -0.39 is 5.82 Å². The summed E-state index contributed by atoms with van der Waals surface area (Å²) in [5.41, 5.74) is 7.83. The Morgan fingerprint density at radius 1 is 1.35 bits per heavy atom. The maximum atomic E-state index is 13.2. The van der Waals surface area contributed by atoms with Crippen LogP contribution in [0.5, 0.6) is 0 Å². The Balaban J connectivity index is 2.36. The molecule has 104 valence electrons. The van der Waals surface area contributed by atoms with Gasteiger partial charge in [-0.25, -0.2) is 4.39 Å². The van der Waals surface area contributed by atoms with Gasteiger partial charge in [-0.15, -0.1) is 0 Å². The van der Waals surface area contributed by atoms with Gasteiger partial charge in [-0.3, -0.25) is 4.79 Å². The zero-order valence-electron chi connectivity index (χ0n) is 10.5. The Labute approximate surface area is 129 Å². The minimum absolute atomic E-state index is 0.102. The molecule has 0 unspecified atom stereocenters. The fourth-order valence-corrected chi connectivity index (χ4v) is 2.67. The topological polar surface area (TPSA) is 55.1 Å². The summed E-state index contributed by atoms with van der Waals surface area (Å²) in [5.74, 6) is -0.533. The SMILES string of the molecule is CC(=O)c1ccc(Nc2c(Cl)cc(F)cc2Br)cc1N. The Bertz CT molecular complexity index is 668. The number of ketones is 1. The van der Waals surface area contributed by atoms with Gasteiger partial charge < -0.3 is 11.1 Å². The lowest BCUT2D eigenvalue weighted by atomic mass is 10.1. The Kier molecular flexibility index (Phi) is 4.30. The molecule has 0 saturated heterocycles. The lowest BCUT2D eigenvalue weighted by Crippen LogP contribution is -2.01. The van der Waals surface area contributed by atoms with Gasteiger partial charge in [0, 0.05) is 21.4 Å². The number of anilines is 3. The molecule has 0 aromatic heterocycles. The zero-order chi connectivity index (χ0) is 14.9. The molecule has 0 saturated carbocycles. The van der Waals surface area contributed by atoms with Gasteiger partial charge in [-0.1, -0.05) is 11.6 Å². The fraction of sp³-hybridized carbons (Fsp3) is 0.0714. The fourth-order valence-electron chi connectivity index (χ4n) is 1.77. The third-order valence-electron chi connectivity index (χ3n) is 2.71. The van der Waals surface area contributed by atoms with Gasteiger partial charge in [-0.05, 0) is 53.2 Å². The number of hydrogen-bond donors (Lipinski definition) is 2. The molecule has 0 bridgehead atoms. The largest absolute Gasteiger partial charge is 0.398 e. The molecular weight excluding hydrogens is 347 g/mol. The van der Waals surface area contributed by atoms with E-state index in [1.807, 2.05) is 0 Å². The minimum Gasteiger partial charge on any atom is -0.398 e. The lowest BCUT2D eigenvalue weighted by molar-refractivity contribution is 0.101. The normalized spacial score (nSPS) is 10.4. The standard InChI is InChI=1S/C14H11BrClFN2O/c1-7(20)10-3-2-9(6-13(10)18)19-14-11(15)4-8(17)5-12(14)16/h2-6,19H,18H2,1H3. The van der Waals surface area contributed by atoms with E-state index in [0.717, 1.165) is 0 Å². The number of nitrogens with two attached hydrogens (primary N) is 1. The highest BCUT2D eigenvalue weighted by Crippen LogP contribution is 2.34. The molecule has 0 amide bonds. The van der Waals surface area contributed by atoms with Gasteiger partial charge in [0.15, 0.2) is 5.78 Å². The number of nitrogen functional groups attached to an aromatic ring is 1. The number of carbonyl (C=O) groups excluding carboxylic acids is 1. The monoisotopic (exact) mass is 356 g/mol. The van der Waals surface area contributed by atoms with Crippen LogP contribution in [0.15, 0.2) is 34.8 Å². The molecule has 2 rings (SSSR count). The molecule has 2 aromatic carbocycles. The number of carbonyl (C=O) groups is 1. The van der Waals surface area contributed by atoms with Crippen LogP contribution in [0.2, 0.25) is 5.02 Å². The van der Waals surface area contributed by atoms with Crippen molar-refractivity contribution in [2.75, 3.05) is 11.1 Å². The maximum Gasteiger partial charge on any atom is 0.161 e. The third kappa shape index (κ3) is 3.11. The maximum absolute atomic E-state index is 13.2. The van der Waals surface area contributed by atoms with Crippen LogP contribution in [0.4, 0.5) is 21.5 Å². The average Bonchev–Trinajstić information content (AvgIpc) is 2.33. The lowest BCUT2D eigenvalue weighted by Gasteiger charge is -2.12. The summed E-state index contributed by atoms with van der Waals surface area (Å²) in [6.07, 6.45) is 0. The molecule has 6 heteroatoms. The summed E-state index contributed by atoms with van der Waals surface area (Å²) in [5, 5.41) is 3.28. The van der Waals surface area contributed by atoms with E-state index >= 15 is 0 Å². The first-order valence-electron chi connectivity index (χ1n) is 5.70. The first-order valence-corrected chi connectivity index (χ1v) is 6.87. The van der Waals surface area contributed by atoms with Gasteiger partial charge >= 0.3 is 0 Å². The molecular formula is C14H11BrClFN2O. The molecule has 0 heterocycles. The van der Waals surface area contributed by atoms with Crippen molar-refractivity contribution >= 4 is 50.4 Å². The number of rotatable bonds is 3. The van der Waals surface area contributed by atoms with Crippen molar-refractivity contribution < 1.29 is 9.18 Å². The molecule has 0 radical (unpaired) electrons. The van der Waals surface area contributed by atoms with Crippen molar-refractivity contribution in [2.24, 2.45) is 0 Å².